The molecule has 5 heteroatoms. The van der Waals surface area contributed by atoms with Gasteiger partial charge >= 0.3 is 0 Å². The SMILES string of the molecule is COc1c(CC#N)cc(F)c(SC)c1OC. The number of hydrogen-bond acceptors (Lipinski definition) is 4. The fraction of sp³-hybridized carbons (Fsp3) is 0.364. The number of rotatable bonds is 4. The van der Waals surface area contributed by atoms with Crippen molar-refractivity contribution in [2.45, 2.75) is 11.3 Å². The summed E-state index contributed by atoms with van der Waals surface area (Å²) in [4.78, 5) is 0.390. The summed E-state index contributed by atoms with van der Waals surface area (Å²) >= 11 is 1.24. The van der Waals surface area contributed by atoms with E-state index < -0.39 is 5.82 Å². The summed E-state index contributed by atoms with van der Waals surface area (Å²) in [6.07, 6.45) is 1.84. The van der Waals surface area contributed by atoms with Crippen LogP contribution in [0.25, 0.3) is 0 Å². The lowest BCUT2D eigenvalue weighted by Crippen LogP contribution is -1.99. The van der Waals surface area contributed by atoms with Gasteiger partial charge in [0.15, 0.2) is 11.5 Å². The molecule has 0 radical (unpaired) electrons. The molecule has 1 aromatic rings. The molecule has 0 heterocycles. The molecule has 0 aliphatic carbocycles. The Bertz CT molecular complexity index is 429. The van der Waals surface area contributed by atoms with E-state index in [4.69, 9.17) is 14.7 Å². The van der Waals surface area contributed by atoms with E-state index in [0.29, 0.717) is 22.0 Å². The standard InChI is InChI=1S/C11H12FNO2S/c1-14-9-7(4-5-13)6-8(12)11(16-3)10(9)15-2/h6H,4H2,1-3H3. The Morgan fingerprint density at radius 3 is 2.44 bits per heavy atom. The number of nitrogens with zero attached hydrogens (tertiary/aromatic N) is 1. The zero-order valence-electron chi connectivity index (χ0n) is 9.33. The molecule has 0 N–H and O–H groups in total. The van der Waals surface area contributed by atoms with Gasteiger partial charge in [-0.05, 0) is 12.3 Å². The third kappa shape index (κ3) is 2.22. The van der Waals surface area contributed by atoms with Crippen molar-refractivity contribution in [1.82, 2.24) is 0 Å². The van der Waals surface area contributed by atoms with Crippen molar-refractivity contribution in [3.63, 3.8) is 0 Å². The smallest absolute Gasteiger partial charge is 0.177 e. The number of thioether (sulfide) groups is 1. The molecule has 0 bridgehead atoms. The van der Waals surface area contributed by atoms with Gasteiger partial charge in [0.05, 0.1) is 31.6 Å². The number of benzene rings is 1. The first-order valence-corrected chi connectivity index (χ1v) is 5.76. The Labute approximate surface area is 98.2 Å². The highest BCUT2D eigenvalue weighted by molar-refractivity contribution is 7.98. The number of nitriles is 1. The lowest BCUT2D eigenvalue weighted by atomic mass is 10.1. The predicted octanol–water partition coefficient (Wildman–Crippen LogP) is 2.63. The van der Waals surface area contributed by atoms with Gasteiger partial charge in [0.25, 0.3) is 0 Å². The molecule has 1 aromatic carbocycles. The third-order valence-corrected chi connectivity index (χ3v) is 2.89. The fourth-order valence-electron chi connectivity index (χ4n) is 1.46. The second-order valence-corrected chi connectivity index (χ2v) is 3.77. The molecule has 16 heavy (non-hydrogen) atoms. The summed E-state index contributed by atoms with van der Waals surface area (Å²) in [7, 11) is 2.92. The van der Waals surface area contributed by atoms with Crippen molar-refractivity contribution in [2.75, 3.05) is 20.5 Å². The molecule has 0 amide bonds. The Morgan fingerprint density at radius 1 is 1.38 bits per heavy atom. The van der Waals surface area contributed by atoms with Crippen LogP contribution in [0.3, 0.4) is 0 Å². The van der Waals surface area contributed by atoms with Crippen LogP contribution in [0, 0.1) is 17.1 Å². The first-order valence-electron chi connectivity index (χ1n) is 4.53. The topological polar surface area (TPSA) is 42.2 Å². The van der Waals surface area contributed by atoms with Crippen molar-refractivity contribution in [3.8, 4) is 17.6 Å². The summed E-state index contributed by atoms with van der Waals surface area (Å²) in [6, 6.07) is 3.28. The molecule has 0 aliphatic heterocycles. The average molecular weight is 241 g/mol. The van der Waals surface area contributed by atoms with Crippen LogP contribution in [0.5, 0.6) is 11.5 Å². The second kappa shape index (κ2) is 5.61. The highest BCUT2D eigenvalue weighted by atomic mass is 32.2. The van der Waals surface area contributed by atoms with Crippen LogP contribution in [-0.2, 0) is 6.42 Å². The van der Waals surface area contributed by atoms with E-state index in [0.717, 1.165) is 0 Å². The van der Waals surface area contributed by atoms with E-state index in [1.54, 1.807) is 6.26 Å². The van der Waals surface area contributed by atoms with Gasteiger partial charge in [-0.25, -0.2) is 4.39 Å². The lowest BCUT2D eigenvalue weighted by molar-refractivity contribution is 0.340. The Hall–Kier alpha value is -1.41. The number of methoxy groups -OCH3 is 2. The molecule has 0 aromatic heterocycles. The maximum absolute atomic E-state index is 13.7. The molecule has 3 nitrogen and oxygen atoms in total. The minimum Gasteiger partial charge on any atom is -0.492 e. The Kier molecular flexibility index (Phi) is 4.44. The van der Waals surface area contributed by atoms with Crippen molar-refractivity contribution < 1.29 is 13.9 Å². The van der Waals surface area contributed by atoms with E-state index >= 15 is 0 Å². The average Bonchev–Trinajstić information content (AvgIpc) is 2.28. The summed E-state index contributed by atoms with van der Waals surface area (Å²) in [5.74, 6) is 0.380. The maximum atomic E-state index is 13.7. The summed E-state index contributed by atoms with van der Waals surface area (Å²) in [5.41, 5.74) is 0.497. The molecule has 0 aliphatic rings. The molecule has 0 unspecified atom stereocenters. The maximum Gasteiger partial charge on any atom is 0.177 e. The van der Waals surface area contributed by atoms with Gasteiger partial charge in [0, 0.05) is 5.56 Å². The number of ether oxygens (including phenoxy) is 2. The predicted molar refractivity (Wildman–Crippen MR) is 60.6 cm³/mol. The van der Waals surface area contributed by atoms with E-state index in [9.17, 15) is 4.39 Å². The van der Waals surface area contributed by atoms with Gasteiger partial charge < -0.3 is 9.47 Å². The van der Waals surface area contributed by atoms with E-state index in [1.165, 1.54) is 32.0 Å². The zero-order chi connectivity index (χ0) is 12.1. The van der Waals surface area contributed by atoms with E-state index in [2.05, 4.69) is 0 Å². The van der Waals surface area contributed by atoms with Gasteiger partial charge in [0.2, 0.25) is 0 Å². The van der Waals surface area contributed by atoms with E-state index in [-0.39, 0.29) is 6.42 Å². The van der Waals surface area contributed by atoms with Gasteiger partial charge in [-0.15, -0.1) is 11.8 Å². The molecule has 0 saturated carbocycles. The normalized spacial score (nSPS) is 9.69. The lowest BCUT2D eigenvalue weighted by Gasteiger charge is -2.15. The highest BCUT2D eigenvalue weighted by Gasteiger charge is 2.19. The van der Waals surface area contributed by atoms with Crippen LogP contribution in [0.1, 0.15) is 5.56 Å². The molecule has 0 atom stereocenters. The summed E-state index contributed by atoms with van der Waals surface area (Å²) in [5, 5.41) is 8.65. The van der Waals surface area contributed by atoms with E-state index in [1.807, 2.05) is 6.07 Å². The third-order valence-electron chi connectivity index (χ3n) is 2.10. The number of halogens is 1. The Balaban J connectivity index is 3.45. The highest BCUT2D eigenvalue weighted by Crippen LogP contribution is 2.41. The van der Waals surface area contributed by atoms with Crippen LogP contribution >= 0.6 is 11.8 Å². The van der Waals surface area contributed by atoms with Crippen LogP contribution in [0.2, 0.25) is 0 Å². The molecule has 0 spiro atoms. The minimum atomic E-state index is -0.393. The minimum absolute atomic E-state index is 0.0884. The van der Waals surface area contributed by atoms with Crippen molar-refractivity contribution in [1.29, 1.82) is 5.26 Å². The van der Waals surface area contributed by atoms with Gasteiger partial charge in [-0.3, -0.25) is 0 Å². The first kappa shape index (κ1) is 12.7. The second-order valence-electron chi connectivity index (χ2n) is 2.95. The number of hydrogen-bond donors (Lipinski definition) is 0. The van der Waals surface area contributed by atoms with Crippen molar-refractivity contribution in [3.05, 3.63) is 17.4 Å². The first-order chi connectivity index (χ1) is 7.69. The summed E-state index contributed by atoms with van der Waals surface area (Å²) < 4.78 is 24.0. The molecule has 86 valence electrons. The van der Waals surface area contributed by atoms with Crippen molar-refractivity contribution >= 4 is 11.8 Å². The van der Waals surface area contributed by atoms with Gasteiger partial charge in [-0.2, -0.15) is 5.26 Å². The van der Waals surface area contributed by atoms with Crippen molar-refractivity contribution in [2.24, 2.45) is 0 Å². The molecular formula is C11H12FNO2S. The molecular weight excluding hydrogens is 229 g/mol. The zero-order valence-corrected chi connectivity index (χ0v) is 10.2. The molecule has 1 rings (SSSR count). The van der Waals surface area contributed by atoms with Gasteiger partial charge in [-0.1, -0.05) is 0 Å². The van der Waals surface area contributed by atoms with Crippen LogP contribution in [0.15, 0.2) is 11.0 Å². The Morgan fingerprint density at radius 2 is 2.00 bits per heavy atom. The largest absolute Gasteiger partial charge is 0.492 e. The van der Waals surface area contributed by atoms with Crippen LogP contribution in [-0.4, -0.2) is 20.5 Å². The quantitative estimate of drug-likeness (QED) is 0.760. The monoisotopic (exact) mass is 241 g/mol. The molecule has 0 saturated heterocycles. The summed E-state index contributed by atoms with van der Waals surface area (Å²) in [6.45, 7) is 0. The van der Waals surface area contributed by atoms with Crippen LogP contribution < -0.4 is 9.47 Å². The van der Waals surface area contributed by atoms with Gasteiger partial charge in [0.1, 0.15) is 5.82 Å². The fourth-order valence-corrected chi connectivity index (χ4v) is 2.07. The molecule has 0 fully saturated rings. The van der Waals surface area contributed by atoms with Crippen LogP contribution in [0.4, 0.5) is 4.39 Å².